The maximum Gasteiger partial charge on any atom is 0.249 e. The predicted octanol–water partition coefficient (Wildman–Crippen LogP) is 1.18. The Labute approximate surface area is 61.5 Å². The summed E-state index contributed by atoms with van der Waals surface area (Å²) in [5, 5.41) is 0. The van der Waals surface area contributed by atoms with Crippen molar-refractivity contribution in [2.45, 2.75) is 20.3 Å². The van der Waals surface area contributed by atoms with Crippen molar-refractivity contribution in [3.05, 3.63) is 11.1 Å². The molecule has 1 aliphatic heterocycles. The quantitative estimate of drug-likeness (QED) is 0.493. The third-order valence-electron chi connectivity index (χ3n) is 2.13. The number of hydrogen-bond donors (Lipinski definition) is 0. The zero-order valence-corrected chi connectivity index (χ0v) is 6.77. The first-order chi connectivity index (χ1) is 4.63. The molecule has 0 spiro atoms. The molecule has 0 atom stereocenters. The molecule has 0 N–H and O–H groups in total. The Kier molecular flexibility index (Phi) is 1.79. The van der Waals surface area contributed by atoms with E-state index < -0.39 is 0 Å². The number of hydrogen-bond acceptors (Lipinski definition) is 1. The maximum atomic E-state index is 11.2. The van der Waals surface area contributed by atoms with E-state index in [0.717, 1.165) is 18.5 Å². The minimum Gasteiger partial charge on any atom is -0.342 e. The largest absolute Gasteiger partial charge is 0.342 e. The second-order valence-electron chi connectivity index (χ2n) is 2.88. The van der Waals surface area contributed by atoms with Gasteiger partial charge in [0.25, 0.3) is 0 Å². The topological polar surface area (TPSA) is 20.3 Å². The molecule has 0 aliphatic carbocycles. The average Bonchev–Trinajstić information content (AvgIpc) is 1.93. The Morgan fingerprint density at radius 1 is 1.40 bits per heavy atom. The summed E-state index contributed by atoms with van der Waals surface area (Å²) in [7, 11) is 1.85. The van der Waals surface area contributed by atoms with Crippen LogP contribution in [-0.4, -0.2) is 24.4 Å². The van der Waals surface area contributed by atoms with Gasteiger partial charge in [-0.1, -0.05) is 5.57 Å². The van der Waals surface area contributed by atoms with Crippen molar-refractivity contribution in [2.24, 2.45) is 0 Å². The Balaban J connectivity index is 2.88. The Bertz CT molecular complexity index is 193. The fourth-order valence-electron chi connectivity index (χ4n) is 1.09. The van der Waals surface area contributed by atoms with Gasteiger partial charge in [0.2, 0.25) is 5.91 Å². The van der Waals surface area contributed by atoms with Crippen molar-refractivity contribution in [1.82, 2.24) is 4.90 Å². The number of likely N-dealkylation sites (N-methyl/N-ethyl adjacent to an activating group) is 1. The van der Waals surface area contributed by atoms with Gasteiger partial charge >= 0.3 is 0 Å². The van der Waals surface area contributed by atoms with Gasteiger partial charge in [0.05, 0.1) is 0 Å². The standard InChI is InChI=1S/C8H13NO/c1-6-4-5-9(3)8(10)7(6)2/h4-5H2,1-3H3. The van der Waals surface area contributed by atoms with Crippen LogP contribution < -0.4 is 0 Å². The van der Waals surface area contributed by atoms with Crippen molar-refractivity contribution in [3.8, 4) is 0 Å². The highest BCUT2D eigenvalue weighted by Gasteiger charge is 2.17. The molecule has 1 heterocycles. The molecule has 2 nitrogen and oxygen atoms in total. The minimum absolute atomic E-state index is 0.184. The summed E-state index contributed by atoms with van der Waals surface area (Å²) in [5.41, 5.74) is 2.16. The molecule has 2 heteroatoms. The van der Waals surface area contributed by atoms with E-state index in [9.17, 15) is 4.79 Å². The van der Waals surface area contributed by atoms with Crippen LogP contribution in [0.15, 0.2) is 11.1 Å². The van der Waals surface area contributed by atoms with E-state index in [4.69, 9.17) is 0 Å². The third-order valence-corrected chi connectivity index (χ3v) is 2.13. The van der Waals surface area contributed by atoms with Gasteiger partial charge in [-0.3, -0.25) is 4.79 Å². The van der Waals surface area contributed by atoms with E-state index in [-0.39, 0.29) is 5.91 Å². The van der Waals surface area contributed by atoms with Crippen LogP contribution >= 0.6 is 0 Å². The first kappa shape index (κ1) is 7.32. The minimum atomic E-state index is 0.184. The molecule has 1 amide bonds. The maximum absolute atomic E-state index is 11.2. The predicted molar refractivity (Wildman–Crippen MR) is 40.6 cm³/mol. The van der Waals surface area contributed by atoms with Crippen molar-refractivity contribution in [3.63, 3.8) is 0 Å². The van der Waals surface area contributed by atoms with E-state index in [1.807, 2.05) is 20.9 Å². The highest BCUT2D eigenvalue weighted by Crippen LogP contribution is 2.16. The molecule has 0 radical (unpaired) electrons. The van der Waals surface area contributed by atoms with Crippen LogP contribution in [0.5, 0.6) is 0 Å². The van der Waals surface area contributed by atoms with Gasteiger partial charge in [0.1, 0.15) is 0 Å². The van der Waals surface area contributed by atoms with E-state index >= 15 is 0 Å². The number of carbonyl (C=O) groups is 1. The van der Waals surface area contributed by atoms with Crippen LogP contribution in [0, 0.1) is 0 Å². The monoisotopic (exact) mass is 139 g/mol. The fraction of sp³-hybridized carbons (Fsp3) is 0.625. The summed E-state index contributed by atoms with van der Waals surface area (Å²) in [4.78, 5) is 13.0. The normalized spacial score (nSPS) is 20.3. The Morgan fingerprint density at radius 3 is 2.50 bits per heavy atom. The van der Waals surface area contributed by atoms with Crippen molar-refractivity contribution in [1.29, 1.82) is 0 Å². The summed E-state index contributed by atoms with van der Waals surface area (Å²) in [6, 6.07) is 0. The molecular weight excluding hydrogens is 126 g/mol. The van der Waals surface area contributed by atoms with Gasteiger partial charge in [-0.05, 0) is 20.3 Å². The molecule has 0 aromatic rings. The molecule has 56 valence electrons. The van der Waals surface area contributed by atoms with Gasteiger partial charge in [-0.15, -0.1) is 0 Å². The van der Waals surface area contributed by atoms with Crippen LogP contribution in [0.1, 0.15) is 20.3 Å². The molecule has 0 aromatic heterocycles. The van der Waals surface area contributed by atoms with Gasteiger partial charge in [0.15, 0.2) is 0 Å². The van der Waals surface area contributed by atoms with Gasteiger partial charge in [-0.25, -0.2) is 0 Å². The number of rotatable bonds is 0. The van der Waals surface area contributed by atoms with E-state index in [2.05, 4.69) is 0 Å². The molecule has 0 bridgehead atoms. The van der Waals surface area contributed by atoms with Gasteiger partial charge < -0.3 is 4.90 Å². The summed E-state index contributed by atoms with van der Waals surface area (Å²) < 4.78 is 0. The lowest BCUT2D eigenvalue weighted by Crippen LogP contribution is -2.32. The molecule has 0 saturated carbocycles. The van der Waals surface area contributed by atoms with Crippen LogP contribution in [0.3, 0.4) is 0 Å². The zero-order valence-electron chi connectivity index (χ0n) is 6.77. The second kappa shape index (κ2) is 2.45. The molecular formula is C8H13NO. The highest BCUT2D eigenvalue weighted by atomic mass is 16.2. The molecule has 0 aromatic carbocycles. The fourth-order valence-corrected chi connectivity index (χ4v) is 1.09. The molecule has 10 heavy (non-hydrogen) atoms. The first-order valence-corrected chi connectivity index (χ1v) is 3.54. The van der Waals surface area contributed by atoms with Crippen LogP contribution in [-0.2, 0) is 4.79 Å². The number of carbonyl (C=O) groups excluding carboxylic acids is 1. The molecule has 0 fully saturated rings. The van der Waals surface area contributed by atoms with Crippen molar-refractivity contribution >= 4 is 5.91 Å². The molecule has 0 unspecified atom stereocenters. The van der Waals surface area contributed by atoms with Gasteiger partial charge in [-0.2, -0.15) is 0 Å². The highest BCUT2D eigenvalue weighted by molar-refractivity contribution is 5.94. The molecule has 1 aliphatic rings. The summed E-state index contributed by atoms with van der Waals surface area (Å²) in [6.45, 7) is 4.80. The lowest BCUT2D eigenvalue weighted by atomic mass is 10.0. The summed E-state index contributed by atoms with van der Waals surface area (Å²) in [6.07, 6.45) is 1.04. The van der Waals surface area contributed by atoms with Crippen LogP contribution in [0.2, 0.25) is 0 Å². The Morgan fingerprint density at radius 2 is 2.00 bits per heavy atom. The zero-order chi connectivity index (χ0) is 7.72. The molecule has 0 saturated heterocycles. The van der Waals surface area contributed by atoms with E-state index in [1.54, 1.807) is 4.90 Å². The van der Waals surface area contributed by atoms with Crippen LogP contribution in [0.25, 0.3) is 0 Å². The van der Waals surface area contributed by atoms with E-state index in [1.165, 1.54) is 5.57 Å². The lowest BCUT2D eigenvalue weighted by Gasteiger charge is -2.23. The second-order valence-corrected chi connectivity index (χ2v) is 2.88. The van der Waals surface area contributed by atoms with Crippen molar-refractivity contribution in [2.75, 3.05) is 13.6 Å². The van der Waals surface area contributed by atoms with E-state index in [0.29, 0.717) is 0 Å². The van der Waals surface area contributed by atoms with Gasteiger partial charge in [0, 0.05) is 19.2 Å². The average molecular weight is 139 g/mol. The first-order valence-electron chi connectivity index (χ1n) is 3.54. The SMILES string of the molecule is CC1=C(C)C(=O)N(C)CC1. The van der Waals surface area contributed by atoms with Crippen LogP contribution in [0.4, 0.5) is 0 Å². The smallest absolute Gasteiger partial charge is 0.249 e. The summed E-state index contributed by atoms with van der Waals surface area (Å²) >= 11 is 0. The summed E-state index contributed by atoms with van der Waals surface area (Å²) in [5.74, 6) is 0.184. The van der Waals surface area contributed by atoms with Crippen molar-refractivity contribution < 1.29 is 4.79 Å². The number of nitrogens with zero attached hydrogens (tertiary/aromatic N) is 1. The Hall–Kier alpha value is -0.790. The lowest BCUT2D eigenvalue weighted by molar-refractivity contribution is -0.126. The molecule has 1 rings (SSSR count). The third kappa shape index (κ3) is 1.06. The number of amides is 1.